The summed E-state index contributed by atoms with van der Waals surface area (Å²) in [6.45, 7) is -0.498. The van der Waals surface area contributed by atoms with Gasteiger partial charge in [0.05, 0.1) is 12.1 Å². The second kappa shape index (κ2) is 6.15. The van der Waals surface area contributed by atoms with Crippen LogP contribution in [-0.4, -0.2) is 62.7 Å². The quantitative estimate of drug-likeness (QED) is 0.600. The van der Waals surface area contributed by atoms with Gasteiger partial charge in [-0.1, -0.05) is 12.1 Å². The van der Waals surface area contributed by atoms with Gasteiger partial charge in [0.1, 0.15) is 30.2 Å². The monoisotopic (exact) mass is 307 g/mol. The van der Waals surface area contributed by atoms with E-state index < -0.39 is 37.3 Å². The summed E-state index contributed by atoms with van der Waals surface area (Å²) in [5.41, 5.74) is 0.713. The van der Waals surface area contributed by atoms with Crippen LogP contribution in [0, 0.1) is 0 Å². The molecule has 0 aliphatic carbocycles. The van der Waals surface area contributed by atoms with E-state index in [1.54, 1.807) is 12.3 Å². The van der Waals surface area contributed by atoms with E-state index >= 15 is 0 Å². The predicted molar refractivity (Wildman–Crippen MR) is 76.1 cm³/mol. The Bertz CT molecular complexity index is 643. The Morgan fingerprint density at radius 2 is 1.82 bits per heavy atom. The summed E-state index contributed by atoms with van der Waals surface area (Å²) in [5.74, 6) is 0.426. The average molecular weight is 307 g/mol. The smallest absolute Gasteiger partial charge is 0.229 e. The van der Waals surface area contributed by atoms with E-state index in [1.165, 1.54) is 0 Å². The zero-order chi connectivity index (χ0) is 15.7. The molecule has 2 heterocycles. The Labute approximate surface area is 126 Å². The summed E-state index contributed by atoms with van der Waals surface area (Å²) in [6, 6.07) is 8.90. The lowest BCUT2D eigenvalue weighted by Crippen LogP contribution is -2.60. The summed E-state index contributed by atoms with van der Waals surface area (Å²) in [6.07, 6.45) is -4.97. The van der Waals surface area contributed by atoms with E-state index in [1.807, 2.05) is 24.3 Å². The number of aliphatic hydroxyl groups is 4. The number of aromatic nitrogens is 1. The molecule has 1 aliphatic heterocycles. The van der Waals surface area contributed by atoms with Gasteiger partial charge >= 0.3 is 0 Å². The molecule has 0 unspecified atom stereocenters. The van der Waals surface area contributed by atoms with Crippen LogP contribution in [0.4, 0.5) is 0 Å². The highest BCUT2D eigenvalue weighted by atomic mass is 16.7. The van der Waals surface area contributed by atoms with E-state index in [0.717, 1.165) is 5.39 Å². The second-order valence-corrected chi connectivity index (χ2v) is 5.14. The summed E-state index contributed by atoms with van der Waals surface area (Å²) in [7, 11) is 0. The number of hydrogen-bond acceptors (Lipinski definition) is 7. The van der Waals surface area contributed by atoms with Gasteiger partial charge in [-0.2, -0.15) is 0 Å². The van der Waals surface area contributed by atoms with Crippen LogP contribution >= 0.6 is 0 Å². The van der Waals surface area contributed by atoms with Gasteiger partial charge in [-0.05, 0) is 18.2 Å². The lowest BCUT2D eigenvalue weighted by Gasteiger charge is -2.39. The molecule has 0 bridgehead atoms. The minimum atomic E-state index is -1.47. The van der Waals surface area contributed by atoms with Gasteiger partial charge in [-0.15, -0.1) is 0 Å². The zero-order valence-electron chi connectivity index (χ0n) is 11.6. The summed E-state index contributed by atoms with van der Waals surface area (Å²) in [4.78, 5) is 4.20. The van der Waals surface area contributed by atoms with Crippen LogP contribution in [0.25, 0.3) is 10.9 Å². The molecule has 0 radical (unpaired) electrons. The van der Waals surface area contributed by atoms with Crippen molar-refractivity contribution in [1.82, 2.24) is 4.98 Å². The minimum Gasteiger partial charge on any atom is -0.461 e. The standard InChI is InChI=1S/C15H17NO6/c17-7-11-12(18)13(19)14(20)15(22-11)21-10-5-6-16-9-4-2-1-3-8(9)10/h1-6,11-15,17-20H,7H2/t11-,12-,13+,14-,15+/m1/s1. The van der Waals surface area contributed by atoms with Gasteiger partial charge in [-0.3, -0.25) is 4.98 Å². The summed E-state index contributed by atoms with van der Waals surface area (Å²) < 4.78 is 11.0. The van der Waals surface area contributed by atoms with Crippen LogP contribution in [-0.2, 0) is 4.74 Å². The maximum atomic E-state index is 10.00. The summed E-state index contributed by atoms with van der Waals surface area (Å²) >= 11 is 0. The van der Waals surface area contributed by atoms with Crippen molar-refractivity contribution in [3.8, 4) is 5.75 Å². The molecule has 0 saturated carbocycles. The fourth-order valence-electron chi connectivity index (χ4n) is 2.46. The highest BCUT2D eigenvalue weighted by molar-refractivity contribution is 5.84. The molecule has 0 spiro atoms. The van der Waals surface area contributed by atoms with Crippen LogP contribution in [0.2, 0.25) is 0 Å². The average Bonchev–Trinajstić information content (AvgIpc) is 2.55. The molecule has 4 N–H and O–H groups in total. The molecule has 1 aromatic carbocycles. The summed E-state index contributed by atoms with van der Waals surface area (Å²) in [5, 5.41) is 39.4. The van der Waals surface area contributed by atoms with E-state index in [-0.39, 0.29) is 0 Å². The molecule has 22 heavy (non-hydrogen) atoms. The van der Waals surface area contributed by atoms with Gasteiger partial charge in [0.25, 0.3) is 0 Å². The Kier molecular flexibility index (Phi) is 4.23. The zero-order valence-corrected chi connectivity index (χ0v) is 11.6. The Balaban J connectivity index is 1.87. The number of nitrogens with zero attached hydrogens (tertiary/aromatic N) is 1. The van der Waals surface area contributed by atoms with Crippen molar-refractivity contribution in [1.29, 1.82) is 0 Å². The maximum Gasteiger partial charge on any atom is 0.229 e. The van der Waals surface area contributed by atoms with Gasteiger partial charge in [0, 0.05) is 11.6 Å². The van der Waals surface area contributed by atoms with Crippen molar-refractivity contribution < 1.29 is 29.9 Å². The van der Waals surface area contributed by atoms with Gasteiger partial charge in [0.15, 0.2) is 0 Å². The number of fused-ring (bicyclic) bond motifs is 1. The molecule has 7 heteroatoms. The highest BCUT2D eigenvalue weighted by Gasteiger charge is 2.44. The molecule has 1 saturated heterocycles. The first-order valence-electron chi connectivity index (χ1n) is 6.92. The largest absolute Gasteiger partial charge is 0.461 e. The van der Waals surface area contributed by atoms with Crippen molar-refractivity contribution in [2.45, 2.75) is 30.7 Å². The molecular formula is C15H17NO6. The van der Waals surface area contributed by atoms with E-state index in [9.17, 15) is 20.4 Å². The first-order valence-corrected chi connectivity index (χ1v) is 6.92. The third-order valence-electron chi connectivity index (χ3n) is 3.70. The number of ether oxygens (including phenoxy) is 2. The van der Waals surface area contributed by atoms with Crippen LogP contribution in [0.1, 0.15) is 0 Å². The molecule has 1 aromatic heterocycles. The fourth-order valence-corrected chi connectivity index (χ4v) is 2.46. The van der Waals surface area contributed by atoms with Crippen molar-refractivity contribution in [3.63, 3.8) is 0 Å². The number of pyridine rings is 1. The van der Waals surface area contributed by atoms with Crippen molar-refractivity contribution >= 4 is 10.9 Å². The molecule has 7 nitrogen and oxygen atoms in total. The highest BCUT2D eigenvalue weighted by Crippen LogP contribution is 2.28. The molecule has 118 valence electrons. The van der Waals surface area contributed by atoms with E-state index in [4.69, 9.17) is 9.47 Å². The van der Waals surface area contributed by atoms with Crippen molar-refractivity contribution in [2.24, 2.45) is 0 Å². The first kappa shape index (κ1) is 15.1. The second-order valence-electron chi connectivity index (χ2n) is 5.14. The Morgan fingerprint density at radius 1 is 1.05 bits per heavy atom. The van der Waals surface area contributed by atoms with Crippen LogP contribution in [0.3, 0.4) is 0 Å². The number of benzene rings is 1. The molecule has 3 rings (SSSR count). The third-order valence-corrected chi connectivity index (χ3v) is 3.70. The lowest BCUT2D eigenvalue weighted by atomic mass is 9.99. The number of rotatable bonds is 3. The number of para-hydroxylation sites is 1. The SMILES string of the molecule is OC[C@H]1O[C@H](Oc2ccnc3ccccc23)[C@H](O)[C@@H](O)[C@@H]1O. The lowest BCUT2D eigenvalue weighted by molar-refractivity contribution is -0.277. The molecule has 2 aromatic rings. The first-order chi connectivity index (χ1) is 10.6. The van der Waals surface area contributed by atoms with E-state index in [0.29, 0.717) is 11.3 Å². The topological polar surface area (TPSA) is 112 Å². The van der Waals surface area contributed by atoms with E-state index in [2.05, 4.69) is 4.98 Å². The van der Waals surface area contributed by atoms with Gasteiger partial charge in [0.2, 0.25) is 6.29 Å². The molecular weight excluding hydrogens is 290 g/mol. The van der Waals surface area contributed by atoms with Gasteiger partial charge in [-0.25, -0.2) is 0 Å². The number of hydrogen-bond donors (Lipinski definition) is 4. The van der Waals surface area contributed by atoms with Crippen LogP contribution in [0.15, 0.2) is 36.5 Å². The van der Waals surface area contributed by atoms with Gasteiger partial charge < -0.3 is 29.9 Å². The molecule has 1 fully saturated rings. The van der Waals surface area contributed by atoms with Crippen LogP contribution in [0.5, 0.6) is 5.75 Å². The maximum absolute atomic E-state index is 10.00. The Hall–Kier alpha value is -1.77. The normalized spacial score (nSPS) is 32.1. The number of aliphatic hydroxyl groups excluding tert-OH is 4. The Morgan fingerprint density at radius 3 is 2.59 bits per heavy atom. The van der Waals surface area contributed by atoms with Crippen molar-refractivity contribution in [2.75, 3.05) is 6.61 Å². The van der Waals surface area contributed by atoms with Crippen LogP contribution < -0.4 is 4.74 Å². The molecule has 5 atom stereocenters. The predicted octanol–water partition coefficient (Wildman–Crippen LogP) is -0.587. The minimum absolute atomic E-state index is 0.426. The molecule has 0 amide bonds. The fraction of sp³-hybridized carbons (Fsp3) is 0.400. The van der Waals surface area contributed by atoms with Crippen molar-refractivity contribution in [3.05, 3.63) is 36.5 Å². The third kappa shape index (κ3) is 2.65. The molecule has 1 aliphatic rings.